The van der Waals surface area contributed by atoms with Crippen LogP contribution in [0.5, 0.6) is 0 Å². The zero-order valence-corrected chi connectivity index (χ0v) is 19.5. The first-order valence-corrected chi connectivity index (χ1v) is 11.4. The minimum absolute atomic E-state index is 0.0349. The Bertz CT molecular complexity index is 1150. The highest BCUT2D eigenvalue weighted by atomic mass is 19.3. The lowest BCUT2D eigenvalue weighted by Gasteiger charge is -2.37. The number of carbonyl (C=O) groups is 1. The second-order valence-electron chi connectivity index (χ2n) is 8.54. The number of rotatable bonds is 10. The van der Waals surface area contributed by atoms with Gasteiger partial charge in [0.05, 0.1) is 5.54 Å². The number of amides is 2. The molecule has 0 aliphatic rings. The number of hydrogen-bond acceptors (Lipinski definition) is 1. The molecule has 9 heteroatoms. The van der Waals surface area contributed by atoms with Crippen molar-refractivity contribution < 1.29 is 31.1 Å². The first kappa shape index (κ1) is 27.1. The number of nitrogens with one attached hydrogen (secondary N) is 2. The molecule has 0 unspecified atom stereocenters. The van der Waals surface area contributed by atoms with E-state index in [9.17, 15) is 31.1 Å². The first-order valence-electron chi connectivity index (χ1n) is 11.4. The summed E-state index contributed by atoms with van der Waals surface area (Å²) in [5.41, 5.74) is -0.836. The maximum absolute atomic E-state index is 14.8. The SMILES string of the molecule is CCCNC(=O)N[C@](Cc1ccccc1)(c1ccc(F)cc1)c1cc(F)cc(CC(F)(F)C(F)F)c1. The third kappa shape index (κ3) is 6.59. The minimum atomic E-state index is -4.38. The highest BCUT2D eigenvalue weighted by Gasteiger charge is 2.42. The van der Waals surface area contributed by atoms with Crippen LogP contribution in [-0.2, 0) is 18.4 Å². The molecule has 3 rings (SSSR count). The molecule has 3 aromatic carbocycles. The summed E-state index contributed by atoms with van der Waals surface area (Å²) in [5.74, 6) is -5.88. The molecule has 192 valence electrons. The minimum Gasteiger partial charge on any atom is -0.338 e. The Morgan fingerprint density at radius 1 is 0.833 bits per heavy atom. The van der Waals surface area contributed by atoms with Crippen molar-refractivity contribution in [1.82, 2.24) is 10.6 Å². The quantitative estimate of drug-likeness (QED) is 0.298. The van der Waals surface area contributed by atoms with Gasteiger partial charge in [-0.05, 0) is 52.9 Å². The molecule has 0 spiro atoms. The van der Waals surface area contributed by atoms with Gasteiger partial charge < -0.3 is 10.6 Å². The van der Waals surface area contributed by atoms with Gasteiger partial charge in [-0.2, -0.15) is 8.78 Å². The van der Waals surface area contributed by atoms with E-state index in [0.29, 0.717) is 24.1 Å². The maximum atomic E-state index is 14.8. The Kier molecular flexibility index (Phi) is 8.66. The second-order valence-corrected chi connectivity index (χ2v) is 8.54. The molecule has 0 bridgehead atoms. The van der Waals surface area contributed by atoms with Gasteiger partial charge in [-0.25, -0.2) is 22.4 Å². The van der Waals surface area contributed by atoms with E-state index >= 15 is 0 Å². The van der Waals surface area contributed by atoms with E-state index in [1.54, 1.807) is 30.3 Å². The smallest absolute Gasteiger partial charge is 0.315 e. The molecule has 1 atom stereocenters. The molecule has 0 aliphatic heterocycles. The van der Waals surface area contributed by atoms with E-state index in [0.717, 1.165) is 24.3 Å². The van der Waals surface area contributed by atoms with Gasteiger partial charge in [-0.3, -0.25) is 0 Å². The maximum Gasteiger partial charge on any atom is 0.315 e. The Labute approximate surface area is 205 Å². The Morgan fingerprint density at radius 2 is 1.50 bits per heavy atom. The molecule has 0 heterocycles. The first-order chi connectivity index (χ1) is 17.1. The molecule has 0 aromatic heterocycles. The number of hydrogen-bond donors (Lipinski definition) is 2. The standard InChI is InChI=1S/C27H26F6N2O/c1-2-12-34-25(36)35-26(16-18-6-4-3-5-7-18,20-8-10-22(28)11-9-20)21-13-19(14-23(29)15-21)17-27(32,33)24(30)31/h3-11,13-15,24H,2,12,16-17H2,1H3,(H2,34,35,36)/t26-/m1/s1. The normalized spacial score (nSPS) is 13.3. The van der Waals surface area contributed by atoms with Gasteiger partial charge in [-0.1, -0.05) is 55.5 Å². The number of halogens is 6. The molecule has 3 nitrogen and oxygen atoms in total. The van der Waals surface area contributed by atoms with Crippen LogP contribution in [-0.4, -0.2) is 24.9 Å². The average Bonchev–Trinajstić information content (AvgIpc) is 2.82. The van der Waals surface area contributed by atoms with Crippen LogP contribution >= 0.6 is 0 Å². The van der Waals surface area contributed by atoms with Crippen LogP contribution in [0.3, 0.4) is 0 Å². The van der Waals surface area contributed by atoms with E-state index in [1.165, 1.54) is 18.2 Å². The summed E-state index contributed by atoms with van der Waals surface area (Å²) in [7, 11) is 0. The largest absolute Gasteiger partial charge is 0.338 e. The molecule has 0 saturated heterocycles. The van der Waals surface area contributed by atoms with Crippen molar-refractivity contribution in [2.24, 2.45) is 0 Å². The summed E-state index contributed by atoms with van der Waals surface area (Å²) < 4.78 is 82.0. The van der Waals surface area contributed by atoms with E-state index < -0.39 is 42.0 Å². The Morgan fingerprint density at radius 3 is 2.11 bits per heavy atom. The van der Waals surface area contributed by atoms with Gasteiger partial charge in [0, 0.05) is 19.4 Å². The monoisotopic (exact) mass is 508 g/mol. The van der Waals surface area contributed by atoms with Crippen LogP contribution in [0.25, 0.3) is 0 Å². The van der Waals surface area contributed by atoms with E-state index in [-0.39, 0.29) is 17.5 Å². The fourth-order valence-electron chi connectivity index (χ4n) is 4.02. The predicted molar refractivity (Wildman–Crippen MR) is 125 cm³/mol. The van der Waals surface area contributed by atoms with Crippen molar-refractivity contribution in [3.8, 4) is 0 Å². The molecule has 0 aliphatic carbocycles. The topological polar surface area (TPSA) is 41.1 Å². The summed E-state index contributed by atoms with van der Waals surface area (Å²) in [5, 5.41) is 5.50. The Hall–Kier alpha value is -3.49. The van der Waals surface area contributed by atoms with Crippen molar-refractivity contribution in [3.63, 3.8) is 0 Å². The van der Waals surface area contributed by atoms with E-state index in [2.05, 4.69) is 10.6 Å². The molecule has 0 saturated carbocycles. The van der Waals surface area contributed by atoms with Crippen LogP contribution < -0.4 is 10.6 Å². The Balaban J connectivity index is 2.23. The van der Waals surface area contributed by atoms with Crippen LogP contribution in [0.1, 0.15) is 35.6 Å². The summed E-state index contributed by atoms with van der Waals surface area (Å²) in [6.07, 6.45) is -4.67. The molecular formula is C27H26F6N2O. The lowest BCUT2D eigenvalue weighted by molar-refractivity contribution is -0.127. The third-order valence-corrected chi connectivity index (χ3v) is 5.72. The summed E-state index contributed by atoms with van der Waals surface area (Å²) in [6.45, 7) is 2.17. The number of carbonyl (C=O) groups excluding carboxylic acids is 1. The van der Waals surface area contributed by atoms with Gasteiger partial charge in [0.2, 0.25) is 0 Å². The highest BCUT2D eigenvalue weighted by molar-refractivity contribution is 5.76. The van der Waals surface area contributed by atoms with Crippen molar-refractivity contribution in [1.29, 1.82) is 0 Å². The van der Waals surface area contributed by atoms with Gasteiger partial charge in [0.1, 0.15) is 11.6 Å². The van der Waals surface area contributed by atoms with Crippen molar-refractivity contribution in [3.05, 3.63) is 107 Å². The highest BCUT2D eigenvalue weighted by Crippen LogP contribution is 2.36. The molecule has 36 heavy (non-hydrogen) atoms. The van der Waals surface area contributed by atoms with Gasteiger partial charge in [0.25, 0.3) is 0 Å². The van der Waals surface area contributed by atoms with Crippen LogP contribution in [0, 0.1) is 11.6 Å². The lowest BCUT2D eigenvalue weighted by Crippen LogP contribution is -2.52. The zero-order valence-electron chi connectivity index (χ0n) is 19.5. The molecular weight excluding hydrogens is 482 g/mol. The van der Waals surface area contributed by atoms with Crippen molar-refractivity contribution >= 4 is 6.03 Å². The molecule has 3 aromatic rings. The van der Waals surface area contributed by atoms with Crippen LogP contribution in [0.2, 0.25) is 0 Å². The molecule has 0 fully saturated rings. The van der Waals surface area contributed by atoms with Gasteiger partial charge >= 0.3 is 18.4 Å². The molecule has 2 amide bonds. The lowest BCUT2D eigenvalue weighted by atomic mass is 9.77. The number of alkyl halides is 4. The third-order valence-electron chi connectivity index (χ3n) is 5.72. The van der Waals surface area contributed by atoms with E-state index in [4.69, 9.17) is 0 Å². The average molecular weight is 509 g/mol. The van der Waals surface area contributed by atoms with Crippen molar-refractivity contribution in [2.75, 3.05) is 6.54 Å². The second kappa shape index (κ2) is 11.5. The van der Waals surface area contributed by atoms with Gasteiger partial charge in [-0.15, -0.1) is 0 Å². The zero-order chi connectivity index (χ0) is 26.3. The van der Waals surface area contributed by atoms with Crippen LogP contribution in [0.15, 0.2) is 72.8 Å². The fraction of sp³-hybridized carbons (Fsp3) is 0.296. The fourth-order valence-corrected chi connectivity index (χ4v) is 4.02. The van der Waals surface area contributed by atoms with Crippen LogP contribution in [0.4, 0.5) is 31.1 Å². The summed E-state index contributed by atoms with van der Waals surface area (Å²) >= 11 is 0. The molecule has 0 radical (unpaired) electrons. The molecule has 2 N–H and O–H groups in total. The predicted octanol–water partition coefficient (Wildman–Crippen LogP) is 6.60. The summed E-state index contributed by atoms with van der Waals surface area (Å²) in [4.78, 5) is 12.9. The summed E-state index contributed by atoms with van der Waals surface area (Å²) in [6, 6.07) is 16.3. The number of urea groups is 1. The van der Waals surface area contributed by atoms with E-state index in [1.807, 2.05) is 6.92 Å². The van der Waals surface area contributed by atoms with Crippen molar-refractivity contribution in [2.45, 2.75) is 44.1 Å². The number of benzene rings is 3. The van der Waals surface area contributed by atoms with Gasteiger partial charge in [0.15, 0.2) is 0 Å².